The smallest absolute Gasteiger partial charge is 0.255 e. The second-order valence-corrected chi connectivity index (χ2v) is 6.15. The number of benzene rings is 1. The number of anilines is 1. The average Bonchev–Trinajstić information content (AvgIpc) is 3.09. The van der Waals surface area contributed by atoms with Gasteiger partial charge >= 0.3 is 0 Å². The van der Waals surface area contributed by atoms with Gasteiger partial charge in [-0.15, -0.1) is 0 Å². The summed E-state index contributed by atoms with van der Waals surface area (Å²) in [5, 5.41) is 7.18. The first-order chi connectivity index (χ1) is 12.3. The Morgan fingerprint density at radius 3 is 2.96 bits per heavy atom. The minimum Gasteiger partial charge on any atom is -0.376 e. The molecule has 0 radical (unpaired) electrons. The normalized spacial score (nSPS) is 17.5. The number of nitrogens with zero attached hydrogens (tertiary/aromatic N) is 4. The molecule has 2 aromatic heterocycles. The van der Waals surface area contributed by atoms with Gasteiger partial charge in [0.1, 0.15) is 0 Å². The Balaban J connectivity index is 1.43. The highest BCUT2D eigenvalue weighted by atomic mass is 16.5. The SMILES string of the molecule is O=C(Nc1cnn(C[C@H]2CCCCO2)c1)c1ccc2nccnc2c1. The van der Waals surface area contributed by atoms with E-state index in [9.17, 15) is 4.79 Å². The molecule has 25 heavy (non-hydrogen) atoms. The van der Waals surface area contributed by atoms with E-state index in [1.165, 1.54) is 6.42 Å². The number of aromatic nitrogens is 4. The molecule has 1 atom stereocenters. The molecule has 7 heteroatoms. The van der Waals surface area contributed by atoms with Crippen molar-refractivity contribution < 1.29 is 9.53 Å². The number of nitrogens with one attached hydrogen (secondary N) is 1. The summed E-state index contributed by atoms with van der Waals surface area (Å²) < 4.78 is 7.54. The molecule has 0 saturated carbocycles. The van der Waals surface area contributed by atoms with Gasteiger partial charge in [-0.3, -0.25) is 19.4 Å². The van der Waals surface area contributed by atoms with Crippen LogP contribution in [0.25, 0.3) is 11.0 Å². The molecule has 3 aromatic rings. The van der Waals surface area contributed by atoms with E-state index in [-0.39, 0.29) is 12.0 Å². The minimum atomic E-state index is -0.194. The van der Waals surface area contributed by atoms with Crippen molar-refractivity contribution >= 4 is 22.6 Å². The van der Waals surface area contributed by atoms with Crippen molar-refractivity contribution in [3.05, 3.63) is 48.5 Å². The van der Waals surface area contributed by atoms with Crippen LogP contribution in [-0.2, 0) is 11.3 Å². The van der Waals surface area contributed by atoms with E-state index < -0.39 is 0 Å². The molecule has 3 heterocycles. The Morgan fingerprint density at radius 2 is 2.12 bits per heavy atom. The second kappa shape index (κ2) is 6.98. The van der Waals surface area contributed by atoms with Crippen molar-refractivity contribution in [2.75, 3.05) is 11.9 Å². The third-order valence-electron chi connectivity index (χ3n) is 4.29. The molecular formula is C18H19N5O2. The Kier molecular flexibility index (Phi) is 4.39. The number of fused-ring (bicyclic) bond motifs is 1. The van der Waals surface area contributed by atoms with Gasteiger partial charge in [-0.2, -0.15) is 5.10 Å². The van der Waals surface area contributed by atoms with Gasteiger partial charge in [0.2, 0.25) is 0 Å². The number of ether oxygens (including phenoxy) is 1. The van der Waals surface area contributed by atoms with Crippen LogP contribution in [0.4, 0.5) is 5.69 Å². The highest BCUT2D eigenvalue weighted by molar-refractivity contribution is 6.05. The topological polar surface area (TPSA) is 81.9 Å². The zero-order chi connectivity index (χ0) is 17.1. The van der Waals surface area contributed by atoms with Gasteiger partial charge in [0.25, 0.3) is 5.91 Å². The first-order valence-corrected chi connectivity index (χ1v) is 8.44. The molecule has 0 spiro atoms. The lowest BCUT2D eigenvalue weighted by Gasteiger charge is -2.22. The van der Waals surface area contributed by atoms with Crippen LogP contribution in [0, 0.1) is 0 Å². The number of rotatable bonds is 4. The molecule has 1 aromatic carbocycles. The highest BCUT2D eigenvalue weighted by Crippen LogP contribution is 2.16. The molecular weight excluding hydrogens is 318 g/mol. The van der Waals surface area contributed by atoms with Crippen molar-refractivity contribution in [1.29, 1.82) is 0 Å². The van der Waals surface area contributed by atoms with Gasteiger partial charge in [0.15, 0.2) is 0 Å². The van der Waals surface area contributed by atoms with Gasteiger partial charge in [-0.1, -0.05) is 0 Å². The summed E-state index contributed by atoms with van der Waals surface area (Å²) in [6.07, 6.45) is 10.3. The predicted molar refractivity (Wildman–Crippen MR) is 93.3 cm³/mol. The van der Waals surface area contributed by atoms with Crippen LogP contribution in [0.5, 0.6) is 0 Å². The molecule has 1 aliphatic heterocycles. The first-order valence-electron chi connectivity index (χ1n) is 8.44. The lowest BCUT2D eigenvalue weighted by Crippen LogP contribution is -2.24. The van der Waals surface area contributed by atoms with E-state index in [1.54, 1.807) is 36.8 Å². The Labute approximate surface area is 145 Å². The van der Waals surface area contributed by atoms with Gasteiger partial charge in [-0.05, 0) is 37.5 Å². The van der Waals surface area contributed by atoms with Gasteiger partial charge < -0.3 is 10.1 Å². The Bertz CT molecular complexity index is 886. The molecule has 0 aliphatic carbocycles. The average molecular weight is 337 g/mol. The largest absolute Gasteiger partial charge is 0.376 e. The Hall–Kier alpha value is -2.80. The monoisotopic (exact) mass is 337 g/mol. The molecule has 7 nitrogen and oxygen atoms in total. The molecule has 0 unspecified atom stereocenters. The third kappa shape index (κ3) is 3.66. The number of carbonyl (C=O) groups is 1. The van der Waals surface area contributed by atoms with Crippen LogP contribution >= 0.6 is 0 Å². The van der Waals surface area contributed by atoms with E-state index in [1.807, 2.05) is 10.9 Å². The Morgan fingerprint density at radius 1 is 1.24 bits per heavy atom. The second-order valence-electron chi connectivity index (χ2n) is 6.15. The quantitative estimate of drug-likeness (QED) is 0.791. The summed E-state index contributed by atoms with van der Waals surface area (Å²) in [6.45, 7) is 1.53. The van der Waals surface area contributed by atoms with Crippen LogP contribution in [0.15, 0.2) is 43.0 Å². The van der Waals surface area contributed by atoms with Gasteiger partial charge in [0, 0.05) is 30.8 Å². The molecule has 1 N–H and O–H groups in total. The van der Waals surface area contributed by atoms with Crippen molar-refractivity contribution in [2.24, 2.45) is 0 Å². The molecule has 0 bridgehead atoms. The maximum atomic E-state index is 12.4. The fourth-order valence-corrected chi connectivity index (χ4v) is 3.00. The molecule has 1 amide bonds. The summed E-state index contributed by atoms with van der Waals surface area (Å²) in [7, 11) is 0. The van der Waals surface area contributed by atoms with Crippen LogP contribution in [0.3, 0.4) is 0 Å². The number of hydrogen-bond acceptors (Lipinski definition) is 5. The first kappa shape index (κ1) is 15.7. The molecule has 1 fully saturated rings. The maximum Gasteiger partial charge on any atom is 0.255 e. The van der Waals surface area contributed by atoms with Crippen molar-refractivity contribution in [3.8, 4) is 0 Å². The predicted octanol–water partition coefficient (Wildman–Crippen LogP) is 2.65. The molecule has 1 aliphatic rings. The van der Waals surface area contributed by atoms with Crippen molar-refractivity contribution in [3.63, 3.8) is 0 Å². The third-order valence-corrected chi connectivity index (χ3v) is 4.29. The van der Waals surface area contributed by atoms with E-state index in [0.717, 1.165) is 25.0 Å². The zero-order valence-corrected chi connectivity index (χ0v) is 13.8. The van der Waals surface area contributed by atoms with Crippen molar-refractivity contribution in [1.82, 2.24) is 19.7 Å². The maximum absolute atomic E-state index is 12.4. The van der Waals surface area contributed by atoms with Gasteiger partial charge in [-0.25, -0.2) is 0 Å². The standard InChI is InChI=1S/C18H19N5O2/c24-18(13-4-5-16-17(9-13)20-7-6-19-16)22-14-10-21-23(11-14)12-15-3-1-2-8-25-15/h4-7,9-11,15H,1-3,8,12H2,(H,22,24)/t15-/m1/s1. The fraction of sp³-hybridized carbons (Fsp3) is 0.333. The van der Waals surface area contributed by atoms with E-state index in [0.29, 0.717) is 23.3 Å². The molecule has 1 saturated heterocycles. The van der Waals surface area contributed by atoms with Crippen LogP contribution < -0.4 is 5.32 Å². The van der Waals surface area contributed by atoms with Crippen LogP contribution in [-0.4, -0.2) is 38.4 Å². The summed E-state index contributed by atoms with van der Waals surface area (Å²) in [4.78, 5) is 20.9. The van der Waals surface area contributed by atoms with Crippen molar-refractivity contribution in [2.45, 2.75) is 31.9 Å². The molecule has 4 rings (SSSR count). The van der Waals surface area contributed by atoms with E-state index in [4.69, 9.17) is 4.74 Å². The lowest BCUT2D eigenvalue weighted by molar-refractivity contribution is 0.00401. The lowest BCUT2D eigenvalue weighted by atomic mass is 10.1. The summed E-state index contributed by atoms with van der Waals surface area (Å²) in [5.41, 5.74) is 2.66. The van der Waals surface area contributed by atoms with E-state index in [2.05, 4.69) is 20.4 Å². The number of amides is 1. The number of hydrogen-bond donors (Lipinski definition) is 1. The zero-order valence-electron chi connectivity index (χ0n) is 13.8. The summed E-state index contributed by atoms with van der Waals surface area (Å²) in [5.74, 6) is -0.194. The number of carbonyl (C=O) groups excluding carboxylic acids is 1. The summed E-state index contributed by atoms with van der Waals surface area (Å²) in [6, 6.07) is 5.27. The van der Waals surface area contributed by atoms with E-state index >= 15 is 0 Å². The highest BCUT2D eigenvalue weighted by Gasteiger charge is 2.15. The van der Waals surface area contributed by atoms with Crippen LogP contribution in [0.1, 0.15) is 29.6 Å². The fourth-order valence-electron chi connectivity index (χ4n) is 3.00. The van der Waals surface area contributed by atoms with Crippen LogP contribution in [0.2, 0.25) is 0 Å². The minimum absolute atomic E-state index is 0.194. The molecule has 128 valence electrons. The van der Waals surface area contributed by atoms with Gasteiger partial charge in [0.05, 0.1) is 35.6 Å². The summed E-state index contributed by atoms with van der Waals surface area (Å²) >= 11 is 0.